The van der Waals surface area contributed by atoms with Gasteiger partial charge in [-0.15, -0.1) is 0 Å². The standard InChI is InChI=1S/C31H21ClN4O6/c1-40-26-10-5-11-27-23(26)16-29(42-27)30-34-25-9-3-2-8-22(25)31(37)35(30)33-17-19-12-13-28(24(32)15-19)41-18-20-6-4-7-21(14-20)36(38)39/h2-17H,18H2,1H3. The van der Waals surface area contributed by atoms with Crippen LogP contribution in [-0.4, -0.2) is 27.9 Å². The van der Waals surface area contributed by atoms with E-state index < -0.39 is 4.92 Å². The van der Waals surface area contributed by atoms with E-state index in [1.807, 2.05) is 12.1 Å². The van der Waals surface area contributed by atoms with Crippen molar-refractivity contribution in [3.05, 3.63) is 128 Å². The van der Waals surface area contributed by atoms with Crippen molar-refractivity contribution >= 4 is 45.4 Å². The molecule has 0 aliphatic heterocycles. The molecule has 0 amide bonds. The quantitative estimate of drug-likeness (QED) is 0.110. The van der Waals surface area contributed by atoms with E-state index in [1.165, 1.54) is 23.0 Å². The predicted octanol–water partition coefficient (Wildman–Crippen LogP) is 6.84. The third-order valence-corrected chi connectivity index (χ3v) is 6.80. The molecule has 0 radical (unpaired) electrons. The van der Waals surface area contributed by atoms with Crippen molar-refractivity contribution in [1.82, 2.24) is 9.66 Å². The summed E-state index contributed by atoms with van der Waals surface area (Å²) < 4.78 is 18.5. The molecule has 0 saturated carbocycles. The minimum Gasteiger partial charge on any atom is -0.496 e. The van der Waals surface area contributed by atoms with Crippen molar-refractivity contribution in [3.8, 4) is 23.1 Å². The predicted molar refractivity (Wildman–Crippen MR) is 160 cm³/mol. The molecule has 6 rings (SSSR count). The van der Waals surface area contributed by atoms with Crippen LogP contribution in [0.2, 0.25) is 5.02 Å². The number of halogens is 1. The maximum absolute atomic E-state index is 13.5. The molecule has 0 aliphatic carbocycles. The van der Waals surface area contributed by atoms with Crippen LogP contribution in [0.15, 0.2) is 105 Å². The van der Waals surface area contributed by atoms with Crippen LogP contribution in [0.5, 0.6) is 11.5 Å². The van der Waals surface area contributed by atoms with E-state index in [2.05, 4.69) is 5.10 Å². The van der Waals surface area contributed by atoms with Gasteiger partial charge in [0.05, 0.1) is 39.6 Å². The molecule has 0 atom stereocenters. The van der Waals surface area contributed by atoms with E-state index in [0.717, 1.165) is 5.39 Å². The van der Waals surface area contributed by atoms with Gasteiger partial charge in [-0.1, -0.05) is 41.9 Å². The normalized spacial score (nSPS) is 11.4. The number of hydrogen-bond donors (Lipinski definition) is 0. The van der Waals surface area contributed by atoms with E-state index in [0.29, 0.717) is 49.9 Å². The van der Waals surface area contributed by atoms with Crippen molar-refractivity contribution in [2.75, 3.05) is 7.11 Å². The number of non-ortho nitro benzene ring substituents is 1. The molecule has 0 aliphatic rings. The number of rotatable bonds is 8. The Bertz CT molecular complexity index is 2070. The number of furan rings is 1. The summed E-state index contributed by atoms with van der Waals surface area (Å²) in [5.74, 6) is 1.58. The third kappa shape index (κ3) is 5.18. The zero-order chi connectivity index (χ0) is 29.2. The zero-order valence-corrected chi connectivity index (χ0v) is 22.8. The summed E-state index contributed by atoms with van der Waals surface area (Å²) in [6.07, 6.45) is 1.49. The van der Waals surface area contributed by atoms with Crippen LogP contribution in [-0.2, 0) is 6.61 Å². The molecule has 4 aromatic carbocycles. The van der Waals surface area contributed by atoms with Gasteiger partial charge in [-0.25, -0.2) is 4.98 Å². The third-order valence-electron chi connectivity index (χ3n) is 6.51. The monoisotopic (exact) mass is 580 g/mol. The Morgan fingerprint density at radius 1 is 1.00 bits per heavy atom. The summed E-state index contributed by atoms with van der Waals surface area (Å²) in [6, 6.07) is 25.4. The minimum atomic E-state index is -0.461. The maximum atomic E-state index is 13.5. The minimum absolute atomic E-state index is 0.0201. The van der Waals surface area contributed by atoms with Crippen LogP contribution in [0.25, 0.3) is 33.5 Å². The summed E-state index contributed by atoms with van der Waals surface area (Å²) in [4.78, 5) is 28.8. The average Bonchev–Trinajstić information content (AvgIpc) is 3.45. The molecule has 11 heteroatoms. The van der Waals surface area contributed by atoms with Crippen molar-refractivity contribution < 1.29 is 18.8 Å². The molecule has 0 saturated heterocycles. The van der Waals surface area contributed by atoms with E-state index in [4.69, 9.17) is 30.5 Å². The molecule has 10 nitrogen and oxygen atoms in total. The Morgan fingerprint density at radius 2 is 1.83 bits per heavy atom. The number of aromatic nitrogens is 2. The Labute approximate surface area is 243 Å². The van der Waals surface area contributed by atoms with Crippen molar-refractivity contribution in [2.45, 2.75) is 6.61 Å². The number of methoxy groups -OCH3 is 1. The molecule has 0 spiro atoms. The highest BCUT2D eigenvalue weighted by atomic mass is 35.5. The highest BCUT2D eigenvalue weighted by molar-refractivity contribution is 6.32. The summed E-state index contributed by atoms with van der Waals surface area (Å²) in [5.41, 5.74) is 1.92. The van der Waals surface area contributed by atoms with Crippen molar-refractivity contribution in [3.63, 3.8) is 0 Å². The lowest BCUT2D eigenvalue weighted by atomic mass is 10.2. The summed E-state index contributed by atoms with van der Waals surface area (Å²) in [6.45, 7) is 0.0959. The summed E-state index contributed by atoms with van der Waals surface area (Å²) >= 11 is 6.47. The topological polar surface area (TPSA) is 122 Å². The van der Waals surface area contributed by atoms with Gasteiger partial charge in [-0.2, -0.15) is 9.78 Å². The Morgan fingerprint density at radius 3 is 2.64 bits per heavy atom. The molecule has 0 unspecified atom stereocenters. The first-order chi connectivity index (χ1) is 20.4. The summed E-state index contributed by atoms with van der Waals surface area (Å²) in [5, 5.41) is 16.9. The first kappa shape index (κ1) is 26.7. The lowest BCUT2D eigenvalue weighted by Crippen LogP contribution is -2.20. The number of hydrogen-bond acceptors (Lipinski definition) is 8. The maximum Gasteiger partial charge on any atom is 0.282 e. The van der Waals surface area contributed by atoms with Gasteiger partial charge in [0.2, 0.25) is 5.82 Å². The Balaban J connectivity index is 1.33. The van der Waals surface area contributed by atoms with Crippen LogP contribution in [0.3, 0.4) is 0 Å². The number of benzene rings is 4. The number of nitro groups is 1. The van der Waals surface area contributed by atoms with Crippen LogP contribution >= 0.6 is 11.6 Å². The van der Waals surface area contributed by atoms with Gasteiger partial charge >= 0.3 is 0 Å². The first-order valence-corrected chi connectivity index (χ1v) is 13.1. The Kier molecular flexibility index (Phi) is 7.12. The first-order valence-electron chi connectivity index (χ1n) is 12.7. The van der Waals surface area contributed by atoms with Gasteiger partial charge < -0.3 is 13.9 Å². The van der Waals surface area contributed by atoms with E-state index >= 15 is 0 Å². The van der Waals surface area contributed by atoms with Crippen LogP contribution in [0.1, 0.15) is 11.1 Å². The summed E-state index contributed by atoms with van der Waals surface area (Å²) in [7, 11) is 1.57. The fraction of sp³-hybridized carbons (Fsp3) is 0.0645. The lowest BCUT2D eigenvalue weighted by molar-refractivity contribution is -0.384. The van der Waals surface area contributed by atoms with Crippen LogP contribution < -0.4 is 15.0 Å². The zero-order valence-electron chi connectivity index (χ0n) is 22.1. The number of ether oxygens (including phenoxy) is 2. The van der Waals surface area contributed by atoms with E-state index in [9.17, 15) is 14.9 Å². The molecule has 208 valence electrons. The molecule has 6 aromatic rings. The highest BCUT2D eigenvalue weighted by Crippen LogP contribution is 2.33. The van der Waals surface area contributed by atoms with Gasteiger partial charge in [-0.05, 0) is 59.7 Å². The van der Waals surface area contributed by atoms with Gasteiger partial charge in [0.25, 0.3) is 11.2 Å². The largest absolute Gasteiger partial charge is 0.496 e. The van der Waals surface area contributed by atoms with Gasteiger partial charge in [0.15, 0.2) is 5.76 Å². The fourth-order valence-corrected chi connectivity index (χ4v) is 4.72. The number of para-hydroxylation sites is 1. The van der Waals surface area contributed by atoms with E-state index in [1.54, 1.807) is 73.8 Å². The smallest absolute Gasteiger partial charge is 0.282 e. The molecule has 42 heavy (non-hydrogen) atoms. The van der Waals surface area contributed by atoms with Gasteiger partial charge in [-0.3, -0.25) is 14.9 Å². The molecule has 0 fully saturated rings. The second-order valence-electron chi connectivity index (χ2n) is 9.20. The molecular formula is C31H21ClN4O6. The molecular weight excluding hydrogens is 560 g/mol. The number of nitro benzene ring substituents is 1. The van der Waals surface area contributed by atoms with E-state index in [-0.39, 0.29) is 23.7 Å². The molecule has 0 N–H and O–H groups in total. The number of nitrogens with zero attached hydrogens (tertiary/aromatic N) is 4. The SMILES string of the molecule is COc1cccc2oc(-c3nc4ccccc4c(=O)n3N=Cc3ccc(OCc4cccc([N+](=O)[O-])c4)c(Cl)c3)cc12. The van der Waals surface area contributed by atoms with Gasteiger partial charge in [0.1, 0.15) is 23.7 Å². The second kappa shape index (κ2) is 11.2. The molecule has 2 aromatic heterocycles. The Hall–Kier alpha value is -5.48. The number of fused-ring (bicyclic) bond motifs is 2. The molecule has 0 bridgehead atoms. The van der Waals surface area contributed by atoms with Crippen molar-refractivity contribution in [2.24, 2.45) is 5.10 Å². The second-order valence-corrected chi connectivity index (χ2v) is 9.61. The van der Waals surface area contributed by atoms with Crippen LogP contribution in [0.4, 0.5) is 5.69 Å². The molecule has 2 heterocycles. The van der Waals surface area contributed by atoms with Crippen molar-refractivity contribution in [1.29, 1.82) is 0 Å². The van der Waals surface area contributed by atoms with Gasteiger partial charge in [0, 0.05) is 12.1 Å². The average molecular weight is 581 g/mol. The lowest BCUT2D eigenvalue weighted by Gasteiger charge is -2.09. The van der Waals surface area contributed by atoms with Crippen LogP contribution in [0, 0.1) is 10.1 Å². The fourth-order valence-electron chi connectivity index (χ4n) is 4.47. The highest BCUT2D eigenvalue weighted by Gasteiger charge is 2.18.